The Balaban J connectivity index is 1.58. The molecule has 0 heterocycles. The molecule has 94 valence electrons. The first-order valence-electron chi connectivity index (χ1n) is 6.98. The number of hydrogen-bond donors (Lipinski definition) is 1. The Kier molecular flexibility index (Phi) is 4.22. The van der Waals surface area contributed by atoms with Crippen molar-refractivity contribution in [3.05, 3.63) is 35.9 Å². The van der Waals surface area contributed by atoms with Gasteiger partial charge in [-0.25, -0.2) is 0 Å². The third-order valence-corrected chi connectivity index (χ3v) is 4.26. The zero-order chi connectivity index (χ0) is 12.1. The highest BCUT2D eigenvalue weighted by Crippen LogP contribution is 2.51. The summed E-state index contributed by atoms with van der Waals surface area (Å²) in [6.07, 6.45) is 5.30. The average molecular weight is 231 g/mol. The second-order valence-corrected chi connectivity index (χ2v) is 5.78. The van der Waals surface area contributed by atoms with Gasteiger partial charge in [-0.3, -0.25) is 0 Å². The van der Waals surface area contributed by atoms with Gasteiger partial charge in [-0.2, -0.15) is 0 Å². The van der Waals surface area contributed by atoms with Gasteiger partial charge in [-0.15, -0.1) is 0 Å². The molecule has 0 spiro atoms. The Morgan fingerprint density at radius 2 is 1.88 bits per heavy atom. The summed E-state index contributed by atoms with van der Waals surface area (Å²) in [6, 6.07) is 10.8. The van der Waals surface area contributed by atoms with Crippen molar-refractivity contribution in [3.8, 4) is 0 Å². The number of nitrogens with one attached hydrogen (secondary N) is 1. The molecule has 1 aromatic rings. The molecule has 1 saturated carbocycles. The summed E-state index contributed by atoms with van der Waals surface area (Å²) in [5.41, 5.74) is 2.10. The Labute approximate surface area is 106 Å². The van der Waals surface area contributed by atoms with E-state index < -0.39 is 0 Å². The molecule has 0 saturated heterocycles. The molecular formula is C16H25N. The van der Waals surface area contributed by atoms with Crippen LogP contribution >= 0.6 is 0 Å². The minimum Gasteiger partial charge on any atom is -0.316 e. The number of benzene rings is 1. The SMILES string of the molecule is CC(C)C1(CNCCCc2ccccc2)CC1. The molecule has 2 rings (SSSR count). The van der Waals surface area contributed by atoms with Crippen molar-refractivity contribution in [2.75, 3.05) is 13.1 Å². The Hall–Kier alpha value is -0.820. The molecular weight excluding hydrogens is 206 g/mol. The van der Waals surface area contributed by atoms with Crippen LogP contribution in [0.15, 0.2) is 30.3 Å². The van der Waals surface area contributed by atoms with E-state index in [9.17, 15) is 0 Å². The molecule has 0 amide bonds. The summed E-state index contributed by atoms with van der Waals surface area (Å²) in [5, 5.41) is 3.64. The smallest absolute Gasteiger partial charge is 0.00103 e. The topological polar surface area (TPSA) is 12.0 Å². The van der Waals surface area contributed by atoms with Crippen LogP contribution in [-0.2, 0) is 6.42 Å². The summed E-state index contributed by atoms with van der Waals surface area (Å²) in [7, 11) is 0. The first-order valence-corrected chi connectivity index (χ1v) is 6.98. The van der Waals surface area contributed by atoms with Crippen LogP contribution in [0.1, 0.15) is 38.7 Å². The van der Waals surface area contributed by atoms with Crippen LogP contribution in [0.4, 0.5) is 0 Å². The molecule has 0 aliphatic heterocycles. The quantitative estimate of drug-likeness (QED) is 0.706. The maximum atomic E-state index is 3.64. The highest BCUT2D eigenvalue weighted by molar-refractivity contribution is 5.14. The lowest BCUT2D eigenvalue weighted by Crippen LogP contribution is -2.28. The van der Waals surface area contributed by atoms with Gasteiger partial charge in [0.25, 0.3) is 0 Å². The summed E-state index contributed by atoms with van der Waals surface area (Å²) in [4.78, 5) is 0. The molecule has 1 aliphatic rings. The van der Waals surface area contributed by atoms with Gasteiger partial charge in [0, 0.05) is 6.54 Å². The minimum absolute atomic E-state index is 0.646. The van der Waals surface area contributed by atoms with Crippen LogP contribution in [0.2, 0.25) is 0 Å². The third kappa shape index (κ3) is 3.57. The number of rotatable bonds is 7. The minimum atomic E-state index is 0.646. The number of hydrogen-bond acceptors (Lipinski definition) is 1. The Bertz CT molecular complexity index is 325. The normalized spacial score (nSPS) is 17.4. The van der Waals surface area contributed by atoms with Gasteiger partial charge in [0.05, 0.1) is 0 Å². The molecule has 1 aromatic carbocycles. The summed E-state index contributed by atoms with van der Waals surface area (Å²) < 4.78 is 0. The molecule has 0 atom stereocenters. The van der Waals surface area contributed by atoms with Crippen LogP contribution in [0.5, 0.6) is 0 Å². The van der Waals surface area contributed by atoms with E-state index >= 15 is 0 Å². The molecule has 0 unspecified atom stereocenters. The van der Waals surface area contributed by atoms with Crippen molar-refractivity contribution in [3.63, 3.8) is 0 Å². The van der Waals surface area contributed by atoms with Crippen LogP contribution in [-0.4, -0.2) is 13.1 Å². The summed E-state index contributed by atoms with van der Waals surface area (Å²) >= 11 is 0. The van der Waals surface area contributed by atoms with E-state index in [0.29, 0.717) is 5.41 Å². The molecule has 1 heteroatoms. The molecule has 1 nitrogen and oxygen atoms in total. The van der Waals surface area contributed by atoms with E-state index in [4.69, 9.17) is 0 Å². The lowest BCUT2D eigenvalue weighted by molar-refractivity contribution is 0.338. The van der Waals surface area contributed by atoms with Crippen molar-refractivity contribution in [2.24, 2.45) is 11.3 Å². The maximum Gasteiger partial charge on any atom is 0.00103 e. The van der Waals surface area contributed by atoms with E-state index in [1.807, 2.05) is 0 Å². The first kappa shape index (κ1) is 12.6. The lowest BCUT2D eigenvalue weighted by Gasteiger charge is -2.20. The van der Waals surface area contributed by atoms with E-state index in [0.717, 1.165) is 12.5 Å². The van der Waals surface area contributed by atoms with Crippen molar-refractivity contribution in [2.45, 2.75) is 39.5 Å². The predicted octanol–water partition coefficient (Wildman–Crippen LogP) is 3.65. The molecule has 0 radical (unpaired) electrons. The van der Waals surface area contributed by atoms with Crippen molar-refractivity contribution < 1.29 is 0 Å². The van der Waals surface area contributed by atoms with Crippen LogP contribution in [0.25, 0.3) is 0 Å². The molecule has 0 aromatic heterocycles. The summed E-state index contributed by atoms with van der Waals surface area (Å²) in [5.74, 6) is 0.837. The average Bonchev–Trinajstić information content (AvgIpc) is 3.11. The maximum absolute atomic E-state index is 3.64. The van der Waals surface area contributed by atoms with E-state index in [1.54, 1.807) is 0 Å². The Morgan fingerprint density at radius 1 is 1.18 bits per heavy atom. The largest absolute Gasteiger partial charge is 0.316 e. The Morgan fingerprint density at radius 3 is 2.47 bits per heavy atom. The number of aryl methyl sites for hydroxylation is 1. The molecule has 0 bridgehead atoms. The third-order valence-electron chi connectivity index (χ3n) is 4.26. The van der Waals surface area contributed by atoms with E-state index in [-0.39, 0.29) is 0 Å². The highest BCUT2D eigenvalue weighted by Gasteiger charge is 2.44. The van der Waals surface area contributed by atoms with Crippen molar-refractivity contribution >= 4 is 0 Å². The zero-order valence-electron chi connectivity index (χ0n) is 11.2. The van der Waals surface area contributed by atoms with Crippen molar-refractivity contribution in [1.29, 1.82) is 0 Å². The van der Waals surface area contributed by atoms with E-state index in [2.05, 4.69) is 49.5 Å². The van der Waals surface area contributed by atoms with Crippen molar-refractivity contribution in [1.82, 2.24) is 5.32 Å². The first-order chi connectivity index (χ1) is 8.23. The van der Waals surface area contributed by atoms with Gasteiger partial charge in [0.2, 0.25) is 0 Å². The second kappa shape index (κ2) is 5.68. The fraction of sp³-hybridized carbons (Fsp3) is 0.625. The standard InChI is InChI=1S/C16H25N/c1-14(2)16(10-11-16)13-17-12-6-9-15-7-4-3-5-8-15/h3-5,7-8,14,17H,6,9-13H2,1-2H3. The van der Waals surface area contributed by atoms with Crippen LogP contribution < -0.4 is 5.32 Å². The monoisotopic (exact) mass is 231 g/mol. The molecule has 1 N–H and O–H groups in total. The van der Waals surface area contributed by atoms with Gasteiger partial charge in [-0.05, 0) is 49.1 Å². The summed E-state index contributed by atoms with van der Waals surface area (Å²) in [6.45, 7) is 7.10. The highest BCUT2D eigenvalue weighted by atomic mass is 14.9. The second-order valence-electron chi connectivity index (χ2n) is 5.78. The lowest BCUT2D eigenvalue weighted by atomic mass is 9.92. The van der Waals surface area contributed by atoms with E-state index in [1.165, 1.54) is 37.8 Å². The van der Waals surface area contributed by atoms with Gasteiger partial charge >= 0.3 is 0 Å². The zero-order valence-corrected chi connectivity index (χ0v) is 11.2. The van der Waals surface area contributed by atoms with Crippen LogP contribution in [0.3, 0.4) is 0 Å². The fourth-order valence-corrected chi connectivity index (χ4v) is 2.52. The predicted molar refractivity (Wildman–Crippen MR) is 74.1 cm³/mol. The molecule has 1 aliphatic carbocycles. The van der Waals surface area contributed by atoms with Gasteiger partial charge in [-0.1, -0.05) is 44.2 Å². The fourth-order valence-electron chi connectivity index (χ4n) is 2.52. The molecule has 17 heavy (non-hydrogen) atoms. The van der Waals surface area contributed by atoms with Crippen LogP contribution in [0, 0.1) is 11.3 Å². The van der Waals surface area contributed by atoms with Gasteiger partial charge in [0.15, 0.2) is 0 Å². The molecule has 1 fully saturated rings. The van der Waals surface area contributed by atoms with Gasteiger partial charge < -0.3 is 5.32 Å². The van der Waals surface area contributed by atoms with Gasteiger partial charge in [0.1, 0.15) is 0 Å².